The van der Waals surface area contributed by atoms with Gasteiger partial charge < -0.3 is 20.1 Å². The Morgan fingerprint density at radius 2 is 1.93 bits per heavy atom. The molecule has 2 aliphatic heterocycles. The molecule has 1 unspecified atom stereocenters. The van der Waals surface area contributed by atoms with Gasteiger partial charge >= 0.3 is 0 Å². The van der Waals surface area contributed by atoms with Gasteiger partial charge in [-0.15, -0.1) is 11.3 Å². The molecular weight excluding hydrogens is 627 g/mol. The van der Waals surface area contributed by atoms with Crippen molar-refractivity contribution in [2.45, 2.75) is 56.9 Å². The van der Waals surface area contributed by atoms with Gasteiger partial charge in [0, 0.05) is 41.6 Å². The second-order valence-electron chi connectivity index (χ2n) is 11.0. The Bertz CT molecular complexity index is 1980. The van der Waals surface area contributed by atoms with Gasteiger partial charge in [-0.05, 0) is 44.4 Å². The minimum Gasteiger partial charge on any atom is -0.373 e. The molecule has 1 atom stereocenters. The molecule has 2 N–H and O–H groups in total. The number of hydrogen-bond donors (Lipinski definition) is 2. The molecule has 45 heavy (non-hydrogen) atoms. The number of benzene rings is 1. The first-order chi connectivity index (χ1) is 21.6. The van der Waals surface area contributed by atoms with Crippen molar-refractivity contribution < 1.29 is 26.7 Å². The van der Waals surface area contributed by atoms with Gasteiger partial charge in [-0.1, -0.05) is 0 Å². The number of halogens is 2. The number of alkyl halides is 2. The van der Waals surface area contributed by atoms with Crippen LogP contribution in [0.25, 0.3) is 21.7 Å². The highest BCUT2D eigenvalue weighted by Crippen LogP contribution is 2.38. The largest absolute Gasteiger partial charge is 0.373 e. The van der Waals surface area contributed by atoms with Crippen molar-refractivity contribution >= 4 is 55.3 Å². The normalized spacial score (nSPS) is 17.1. The van der Waals surface area contributed by atoms with E-state index in [2.05, 4.69) is 25.7 Å². The van der Waals surface area contributed by atoms with Crippen molar-refractivity contribution in [1.29, 1.82) is 0 Å². The number of hydrogen-bond acceptors (Lipinski definition) is 11. The monoisotopic (exact) mass is 656 g/mol. The first kappa shape index (κ1) is 29.7. The molecule has 5 aromatic rings. The number of sulfone groups is 1. The second kappa shape index (κ2) is 11.7. The lowest BCUT2D eigenvalue weighted by Crippen LogP contribution is -2.20. The zero-order valence-electron chi connectivity index (χ0n) is 24.5. The molecule has 0 bridgehead atoms. The zero-order chi connectivity index (χ0) is 31.3. The van der Waals surface area contributed by atoms with Gasteiger partial charge in [-0.25, -0.2) is 32.2 Å². The average molecular weight is 657 g/mol. The third kappa shape index (κ3) is 5.90. The van der Waals surface area contributed by atoms with Gasteiger partial charge in [-0.2, -0.15) is 5.10 Å². The Morgan fingerprint density at radius 1 is 1.07 bits per heavy atom. The maximum Gasteiger partial charge on any atom is 0.295 e. The number of ether oxygens (including phenoxy) is 2. The van der Waals surface area contributed by atoms with E-state index in [9.17, 15) is 17.2 Å². The predicted octanol–water partition coefficient (Wildman–Crippen LogP) is 6.12. The summed E-state index contributed by atoms with van der Waals surface area (Å²) in [7, 11) is -3.73. The fourth-order valence-electron chi connectivity index (χ4n) is 5.59. The molecule has 6 heterocycles. The highest BCUT2D eigenvalue weighted by molar-refractivity contribution is 7.90. The van der Waals surface area contributed by atoms with Crippen LogP contribution < -0.4 is 10.6 Å². The number of rotatable bonds is 8. The second-order valence-corrected chi connectivity index (χ2v) is 14.2. The summed E-state index contributed by atoms with van der Waals surface area (Å²) in [6.45, 7) is 3.92. The molecule has 1 fully saturated rings. The molecule has 4 aromatic heterocycles. The Labute approximate surface area is 261 Å². The molecule has 0 aliphatic carbocycles. The van der Waals surface area contributed by atoms with Gasteiger partial charge in [0.1, 0.15) is 22.6 Å². The Hall–Kier alpha value is -3.99. The van der Waals surface area contributed by atoms with Crippen LogP contribution in [-0.4, -0.2) is 57.2 Å². The minimum absolute atomic E-state index is 0.0261. The quantitative estimate of drug-likeness (QED) is 0.201. The molecule has 16 heteroatoms. The summed E-state index contributed by atoms with van der Waals surface area (Å²) in [5.41, 5.74) is 2.40. The summed E-state index contributed by atoms with van der Waals surface area (Å²) in [6, 6.07) is 8.41. The van der Waals surface area contributed by atoms with E-state index < -0.39 is 28.3 Å². The van der Waals surface area contributed by atoms with Crippen LogP contribution >= 0.6 is 11.3 Å². The molecule has 0 amide bonds. The number of pyridine rings is 1. The lowest BCUT2D eigenvalue weighted by atomic mass is 10.2. The third-order valence-corrected chi connectivity index (χ3v) is 9.75. The van der Waals surface area contributed by atoms with Crippen LogP contribution in [0.2, 0.25) is 0 Å². The van der Waals surface area contributed by atoms with E-state index in [1.807, 2.05) is 17.7 Å². The fourth-order valence-corrected chi connectivity index (χ4v) is 7.21. The molecule has 2 aliphatic rings. The van der Waals surface area contributed by atoms with Crippen LogP contribution in [0.4, 0.5) is 31.8 Å². The Kier molecular flexibility index (Phi) is 7.75. The maximum absolute atomic E-state index is 14.5. The number of aryl methyl sites for hydroxylation is 1. The molecule has 0 spiro atoms. The Balaban J connectivity index is 1.37. The van der Waals surface area contributed by atoms with Crippen LogP contribution in [-0.2, 0) is 32.5 Å². The minimum atomic E-state index is -3.73. The van der Waals surface area contributed by atoms with Crippen molar-refractivity contribution in [3.05, 3.63) is 52.9 Å². The lowest BCUT2D eigenvalue weighted by Gasteiger charge is -2.25. The predicted molar refractivity (Wildman–Crippen MR) is 165 cm³/mol. The van der Waals surface area contributed by atoms with Gasteiger partial charge in [0.2, 0.25) is 0 Å². The summed E-state index contributed by atoms with van der Waals surface area (Å²) in [6.07, 6.45) is 1.44. The van der Waals surface area contributed by atoms with Crippen molar-refractivity contribution in [3.63, 3.8) is 0 Å². The lowest BCUT2D eigenvalue weighted by molar-refractivity contribution is -0.0363. The molecule has 236 valence electrons. The first-order valence-corrected chi connectivity index (χ1v) is 17.1. The summed E-state index contributed by atoms with van der Waals surface area (Å²) in [5.74, 6) is 0.328. The smallest absolute Gasteiger partial charge is 0.295 e. The molecule has 0 saturated carbocycles. The van der Waals surface area contributed by atoms with Gasteiger partial charge in [0.05, 0.1) is 41.7 Å². The van der Waals surface area contributed by atoms with E-state index in [4.69, 9.17) is 14.5 Å². The van der Waals surface area contributed by atoms with Crippen LogP contribution in [0.15, 0.2) is 41.4 Å². The topological polar surface area (TPSA) is 138 Å². The van der Waals surface area contributed by atoms with E-state index in [0.29, 0.717) is 55.0 Å². The average Bonchev–Trinajstić information content (AvgIpc) is 3.74. The number of imidazole rings is 1. The van der Waals surface area contributed by atoms with Crippen LogP contribution in [0.1, 0.15) is 48.3 Å². The van der Waals surface area contributed by atoms with Crippen LogP contribution in [0.5, 0.6) is 0 Å². The summed E-state index contributed by atoms with van der Waals surface area (Å²) in [5, 5.41) is 11.6. The zero-order valence-corrected chi connectivity index (χ0v) is 26.1. The van der Waals surface area contributed by atoms with Crippen molar-refractivity contribution in [2.75, 3.05) is 30.1 Å². The number of thiazole rings is 1. The highest BCUT2D eigenvalue weighted by atomic mass is 32.2. The summed E-state index contributed by atoms with van der Waals surface area (Å²) < 4.78 is 69.6. The van der Waals surface area contributed by atoms with Crippen molar-refractivity contribution in [2.24, 2.45) is 0 Å². The first-order valence-electron chi connectivity index (χ1n) is 14.4. The maximum atomic E-state index is 14.5. The van der Waals surface area contributed by atoms with Crippen LogP contribution in [0, 0.1) is 6.92 Å². The molecule has 7 rings (SSSR count). The van der Waals surface area contributed by atoms with Gasteiger partial charge in [0.25, 0.3) is 6.43 Å². The van der Waals surface area contributed by atoms with E-state index >= 15 is 0 Å². The van der Waals surface area contributed by atoms with E-state index in [1.54, 1.807) is 30.5 Å². The van der Waals surface area contributed by atoms with E-state index in [-0.39, 0.29) is 27.4 Å². The van der Waals surface area contributed by atoms with Gasteiger partial charge in [0.15, 0.2) is 27.1 Å². The van der Waals surface area contributed by atoms with E-state index in [1.165, 1.54) is 15.9 Å². The van der Waals surface area contributed by atoms with Crippen LogP contribution in [0.3, 0.4) is 0 Å². The van der Waals surface area contributed by atoms with E-state index in [0.717, 1.165) is 29.7 Å². The van der Waals surface area contributed by atoms with Crippen molar-refractivity contribution in [3.8, 4) is 10.6 Å². The number of nitrogens with zero attached hydrogens (tertiary/aromatic N) is 6. The number of nitrogens with one attached hydrogen (secondary N) is 2. The number of aromatic nitrogens is 6. The summed E-state index contributed by atoms with van der Waals surface area (Å²) >= 11 is 1.45. The highest BCUT2D eigenvalue weighted by Gasteiger charge is 2.29. The molecule has 12 nitrogen and oxygen atoms in total. The third-order valence-electron chi connectivity index (χ3n) is 7.65. The Morgan fingerprint density at radius 3 is 2.64 bits per heavy atom. The van der Waals surface area contributed by atoms with Gasteiger partial charge in [-0.3, -0.25) is 9.25 Å². The number of anilines is 4. The number of fused-ring (bicyclic) bond motifs is 2. The standard InChI is InChI=1S/C29H30F2N8O4S2/c1-16-14-32-29(44-16)17-6-7-19(21(11-17)45(2,40)41)33-20-13-22(34-23-12-18-15-42-10-8-38(18)37-23)35-27-25(20)36-28(26(30)31)39(27)24-5-3-4-9-43-24/h6-7,11-14,24,26H,3-5,8-10,15H2,1-2H3,(H2,33,34,35,37). The molecule has 1 saturated heterocycles. The van der Waals surface area contributed by atoms with Crippen molar-refractivity contribution in [1.82, 2.24) is 29.3 Å². The fraction of sp³-hybridized carbons (Fsp3) is 0.379. The molecule has 1 aromatic carbocycles. The molecule has 0 radical (unpaired) electrons. The SMILES string of the molecule is Cc1cnc(-c2ccc(Nc3cc(Nc4cc5n(n4)CCOC5)nc4c3nc(C(F)F)n4C3CCCCO3)c(S(C)(=O)=O)c2)s1. The summed E-state index contributed by atoms with van der Waals surface area (Å²) in [4.78, 5) is 14.5. The molecular formula is C29H30F2N8O4S2.